The van der Waals surface area contributed by atoms with Crippen molar-refractivity contribution in [2.45, 2.75) is 12.5 Å². The molecule has 0 heterocycles. The van der Waals surface area contributed by atoms with Gasteiger partial charge in [0.1, 0.15) is 11.6 Å². The van der Waals surface area contributed by atoms with Gasteiger partial charge in [0, 0.05) is 17.4 Å². The molecule has 1 unspecified atom stereocenters. The summed E-state index contributed by atoms with van der Waals surface area (Å²) in [5, 5.41) is 3.28. The lowest BCUT2D eigenvalue weighted by Crippen LogP contribution is -2.38. The molecule has 1 N–H and O–H groups in total. The highest BCUT2D eigenvalue weighted by molar-refractivity contribution is 9.09. The second-order valence-corrected chi connectivity index (χ2v) is 5.29. The van der Waals surface area contributed by atoms with Gasteiger partial charge in [-0.1, -0.05) is 46.3 Å². The van der Waals surface area contributed by atoms with Crippen molar-refractivity contribution in [3.63, 3.8) is 0 Å². The van der Waals surface area contributed by atoms with Crippen LogP contribution in [0.2, 0.25) is 0 Å². The molecule has 0 radical (unpaired) electrons. The van der Waals surface area contributed by atoms with E-state index in [-0.39, 0.29) is 11.6 Å². The third-order valence-corrected chi connectivity index (χ3v) is 3.80. The predicted molar refractivity (Wildman–Crippen MR) is 81.6 cm³/mol. The Morgan fingerprint density at radius 3 is 2.48 bits per heavy atom. The largest absolute Gasteiger partial charge is 0.348 e. The fourth-order valence-corrected chi connectivity index (χ4v) is 2.37. The molecule has 1 atom stereocenters. The van der Waals surface area contributed by atoms with E-state index in [0.29, 0.717) is 17.8 Å². The Balaban J connectivity index is 2.06. The standard InChI is InChI=1S/C16H14BrF2NO/c17-10-13(8-11-4-2-1-3-5-11)20-16(21)14-7-6-12(18)9-15(14)19/h1-7,9,13H,8,10H2,(H,20,21). The molecule has 0 bridgehead atoms. The molecule has 110 valence electrons. The second kappa shape index (κ2) is 7.31. The Morgan fingerprint density at radius 2 is 1.86 bits per heavy atom. The predicted octanol–water partition coefficient (Wildman–Crippen LogP) is 3.70. The summed E-state index contributed by atoms with van der Waals surface area (Å²) in [6.45, 7) is 0. The minimum absolute atomic E-state index is 0.157. The first-order valence-corrected chi connectivity index (χ1v) is 7.58. The summed E-state index contributed by atoms with van der Waals surface area (Å²) in [7, 11) is 0. The minimum Gasteiger partial charge on any atom is -0.348 e. The Hall–Kier alpha value is -1.75. The van der Waals surface area contributed by atoms with Crippen LogP contribution in [0.4, 0.5) is 8.78 Å². The fourth-order valence-electron chi connectivity index (χ4n) is 1.98. The molecule has 5 heteroatoms. The van der Waals surface area contributed by atoms with Crippen molar-refractivity contribution in [3.8, 4) is 0 Å². The quantitative estimate of drug-likeness (QED) is 0.815. The molecule has 0 saturated carbocycles. The maximum Gasteiger partial charge on any atom is 0.254 e. The average Bonchev–Trinajstić information content (AvgIpc) is 2.47. The number of halogens is 3. The lowest BCUT2D eigenvalue weighted by molar-refractivity contribution is 0.0937. The highest BCUT2D eigenvalue weighted by Crippen LogP contribution is 2.11. The summed E-state index contributed by atoms with van der Waals surface area (Å²) in [5.41, 5.74) is 0.914. The molecule has 0 saturated heterocycles. The molecule has 2 nitrogen and oxygen atoms in total. The van der Waals surface area contributed by atoms with Crippen LogP contribution in [0.3, 0.4) is 0 Å². The van der Waals surface area contributed by atoms with Crippen LogP contribution < -0.4 is 5.32 Å². The molecule has 21 heavy (non-hydrogen) atoms. The highest BCUT2D eigenvalue weighted by Gasteiger charge is 2.16. The second-order valence-electron chi connectivity index (χ2n) is 4.64. The number of carbonyl (C=O) groups is 1. The molecule has 0 spiro atoms. The zero-order chi connectivity index (χ0) is 15.2. The van der Waals surface area contributed by atoms with Crippen LogP contribution in [-0.2, 0) is 6.42 Å². The average molecular weight is 354 g/mol. The highest BCUT2D eigenvalue weighted by atomic mass is 79.9. The van der Waals surface area contributed by atoms with Crippen LogP contribution in [0.15, 0.2) is 48.5 Å². The Labute approximate surface area is 130 Å². The fraction of sp³-hybridized carbons (Fsp3) is 0.188. The summed E-state index contributed by atoms with van der Waals surface area (Å²) in [6, 6.07) is 12.4. The van der Waals surface area contributed by atoms with Crippen LogP contribution in [-0.4, -0.2) is 17.3 Å². The molecular weight excluding hydrogens is 340 g/mol. The molecule has 0 aliphatic rings. The Bertz CT molecular complexity index is 619. The lowest BCUT2D eigenvalue weighted by atomic mass is 10.1. The van der Waals surface area contributed by atoms with Gasteiger partial charge in [0.15, 0.2) is 0 Å². The molecule has 2 aromatic rings. The maximum absolute atomic E-state index is 13.6. The summed E-state index contributed by atoms with van der Waals surface area (Å²) in [4.78, 5) is 12.0. The zero-order valence-corrected chi connectivity index (χ0v) is 12.7. The van der Waals surface area contributed by atoms with E-state index in [1.807, 2.05) is 30.3 Å². The summed E-state index contributed by atoms with van der Waals surface area (Å²) < 4.78 is 26.4. The van der Waals surface area contributed by atoms with Crippen molar-refractivity contribution in [2.75, 3.05) is 5.33 Å². The van der Waals surface area contributed by atoms with E-state index in [2.05, 4.69) is 21.2 Å². The van der Waals surface area contributed by atoms with Gasteiger partial charge in [-0.15, -0.1) is 0 Å². The number of rotatable bonds is 5. The smallest absolute Gasteiger partial charge is 0.254 e. The first-order valence-electron chi connectivity index (χ1n) is 6.46. The third kappa shape index (κ3) is 4.36. The van der Waals surface area contributed by atoms with Gasteiger partial charge in [-0.2, -0.15) is 0 Å². The van der Waals surface area contributed by atoms with E-state index in [1.165, 1.54) is 0 Å². The lowest BCUT2D eigenvalue weighted by Gasteiger charge is -2.16. The van der Waals surface area contributed by atoms with Crippen LogP contribution >= 0.6 is 15.9 Å². The molecule has 0 fully saturated rings. The molecule has 1 amide bonds. The van der Waals surface area contributed by atoms with E-state index >= 15 is 0 Å². The molecule has 2 rings (SSSR count). The number of alkyl halides is 1. The zero-order valence-electron chi connectivity index (χ0n) is 11.2. The molecule has 2 aromatic carbocycles. The van der Waals surface area contributed by atoms with Crippen LogP contribution in [0.5, 0.6) is 0 Å². The van der Waals surface area contributed by atoms with Gasteiger partial charge < -0.3 is 5.32 Å². The van der Waals surface area contributed by atoms with Crippen LogP contribution in [0.25, 0.3) is 0 Å². The number of hydrogen-bond donors (Lipinski definition) is 1. The maximum atomic E-state index is 13.6. The topological polar surface area (TPSA) is 29.1 Å². The number of hydrogen-bond acceptors (Lipinski definition) is 1. The minimum atomic E-state index is -0.861. The summed E-state index contributed by atoms with van der Waals surface area (Å²) in [6.07, 6.45) is 0.626. The molecule has 0 aromatic heterocycles. The Morgan fingerprint density at radius 1 is 1.14 bits per heavy atom. The van der Waals surface area contributed by atoms with E-state index in [1.54, 1.807) is 0 Å². The van der Waals surface area contributed by atoms with E-state index in [4.69, 9.17) is 0 Å². The first-order chi connectivity index (χ1) is 10.1. The van der Waals surface area contributed by atoms with Crippen LogP contribution in [0.1, 0.15) is 15.9 Å². The molecular formula is C16H14BrF2NO. The SMILES string of the molecule is O=C(NC(CBr)Cc1ccccc1)c1ccc(F)cc1F. The van der Waals surface area contributed by atoms with Crippen molar-refractivity contribution in [3.05, 3.63) is 71.3 Å². The number of carbonyl (C=O) groups excluding carboxylic acids is 1. The van der Waals surface area contributed by atoms with Crippen molar-refractivity contribution in [1.29, 1.82) is 0 Å². The normalized spacial score (nSPS) is 12.0. The van der Waals surface area contributed by atoms with Gasteiger partial charge in [0.2, 0.25) is 0 Å². The number of benzene rings is 2. The van der Waals surface area contributed by atoms with Crippen molar-refractivity contribution in [1.82, 2.24) is 5.32 Å². The van der Waals surface area contributed by atoms with Gasteiger partial charge in [0.25, 0.3) is 5.91 Å². The molecule has 0 aliphatic carbocycles. The van der Waals surface area contributed by atoms with E-state index in [9.17, 15) is 13.6 Å². The number of nitrogens with one attached hydrogen (secondary N) is 1. The van der Waals surface area contributed by atoms with Gasteiger partial charge in [-0.3, -0.25) is 4.79 Å². The summed E-state index contributed by atoms with van der Waals surface area (Å²) in [5.74, 6) is -2.11. The number of amides is 1. The van der Waals surface area contributed by atoms with Gasteiger partial charge >= 0.3 is 0 Å². The van der Waals surface area contributed by atoms with Crippen molar-refractivity contribution >= 4 is 21.8 Å². The first kappa shape index (κ1) is 15.6. The van der Waals surface area contributed by atoms with Crippen LogP contribution in [0, 0.1) is 11.6 Å². The van der Waals surface area contributed by atoms with Crippen molar-refractivity contribution < 1.29 is 13.6 Å². The van der Waals surface area contributed by atoms with E-state index < -0.39 is 17.5 Å². The van der Waals surface area contributed by atoms with Crippen molar-refractivity contribution in [2.24, 2.45) is 0 Å². The monoisotopic (exact) mass is 353 g/mol. The Kier molecular flexibility index (Phi) is 5.44. The summed E-state index contributed by atoms with van der Waals surface area (Å²) >= 11 is 3.34. The van der Waals surface area contributed by atoms with E-state index in [0.717, 1.165) is 17.7 Å². The van der Waals surface area contributed by atoms with Gasteiger partial charge in [-0.25, -0.2) is 8.78 Å². The van der Waals surface area contributed by atoms with Gasteiger partial charge in [-0.05, 0) is 24.1 Å². The third-order valence-electron chi connectivity index (χ3n) is 3.02. The molecule has 0 aliphatic heterocycles. The van der Waals surface area contributed by atoms with Gasteiger partial charge in [0.05, 0.1) is 5.56 Å².